The van der Waals surface area contributed by atoms with Gasteiger partial charge >= 0.3 is 0 Å². The first kappa shape index (κ1) is 14.9. The molecule has 1 aliphatic rings. The Kier molecular flexibility index (Phi) is 4.00. The Morgan fingerprint density at radius 1 is 1.12 bits per heavy atom. The van der Waals surface area contributed by atoms with E-state index < -0.39 is 0 Å². The van der Waals surface area contributed by atoms with E-state index in [1.807, 2.05) is 36.4 Å². The summed E-state index contributed by atoms with van der Waals surface area (Å²) in [6.45, 7) is 2.05. The number of anilines is 1. The fraction of sp³-hybridized carbons (Fsp3) is 0.176. The van der Waals surface area contributed by atoms with Crippen LogP contribution in [0, 0.1) is 0 Å². The molecule has 2 aromatic heterocycles. The van der Waals surface area contributed by atoms with Crippen LogP contribution in [-0.2, 0) is 0 Å². The molecule has 0 amide bonds. The van der Waals surface area contributed by atoms with E-state index in [4.69, 9.17) is 4.74 Å². The fourth-order valence-electron chi connectivity index (χ4n) is 2.53. The molecule has 0 saturated heterocycles. The first-order valence-corrected chi connectivity index (χ1v) is 8.63. The molecule has 7 heteroatoms. The van der Waals surface area contributed by atoms with Gasteiger partial charge in [-0.25, -0.2) is 0 Å². The van der Waals surface area contributed by atoms with Gasteiger partial charge in [-0.15, -0.1) is 10.2 Å². The van der Waals surface area contributed by atoms with E-state index in [2.05, 4.69) is 32.4 Å². The van der Waals surface area contributed by atoms with Gasteiger partial charge in [0.2, 0.25) is 11.0 Å². The topological polar surface area (TPSA) is 72.8 Å². The molecule has 0 radical (unpaired) electrons. The first-order chi connectivity index (χ1) is 11.8. The second-order valence-electron chi connectivity index (χ2n) is 5.15. The molecule has 0 spiro atoms. The number of nitrogens with zero attached hydrogens (tertiary/aromatic N) is 4. The second kappa shape index (κ2) is 6.45. The average Bonchev–Trinajstić information content (AvgIpc) is 2.79. The van der Waals surface area contributed by atoms with Crippen molar-refractivity contribution in [2.75, 3.05) is 11.1 Å². The zero-order valence-corrected chi connectivity index (χ0v) is 13.8. The van der Waals surface area contributed by atoms with Crippen LogP contribution in [0.2, 0.25) is 0 Å². The van der Waals surface area contributed by atoms with Crippen molar-refractivity contribution in [1.29, 1.82) is 0 Å². The molecular weight excluding hydrogens is 322 g/mol. The summed E-state index contributed by atoms with van der Waals surface area (Å²) in [6.07, 6.45) is 3.12. The monoisotopic (exact) mass is 337 g/mol. The van der Waals surface area contributed by atoms with Gasteiger partial charge < -0.3 is 10.1 Å². The summed E-state index contributed by atoms with van der Waals surface area (Å²) < 4.78 is 6.15. The Balaban J connectivity index is 1.84. The maximum absolute atomic E-state index is 6.15. The Morgan fingerprint density at radius 3 is 2.79 bits per heavy atom. The van der Waals surface area contributed by atoms with E-state index in [0.717, 1.165) is 22.6 Å². The van der Waals surface area contributed by atoms with Gasteiger partial charge in [-0.3, -0.25) is 4.98 Å². The predicted molar refractivity (Wildman–Crippen MR) is 92.9 cm³/mol. The van der Waals surface area contributed by atoms with Crippen molar-refractivity contribution < 1.29 is 4.74 Å². The van der Waals surface area contributed by atoms with Crippen LogP contribution < -0.4 is 10.1 Å². The van der Waals surface area contributed by atoms with Gasteiger partial charge in [-0.2, -0.15) is 4.98 Å². The average molecular weight is 337 g/mol. The zero-order chi connectivity index (χ0) is 16.4. The lowest BCUT2D eigenvalue weighted by Gasteiger charge is -2.19. The van der Waals surface area contributed by atoms with Crippen LogP contribution >= 0.6 is 11.8 Å². The summed E-state index contributed by atoms with van der Waals surface area (Å²) in [7, 11) is 0. The van der Waals surface area contributed by atoms with Crippen molar-refractivity contribution in [2.45, 2.75) is 18.3 Å². The first-order valence-electron chi connectivity index (χ1n) is 7.65. The lowest BCUT2D eigenvalue weighted by atomic mass is 10.1. The highest BCUT2D eigenvalue weighted by atomic mass is 32.2. The van der Waals surface area contributed by atoms with Gasteiger partial charge in [-0.05, 0) is 24.0 Å². The number of benzene rings is 1. The van der Waals surface area contributed by atoms with Crippen LogP contribution in [0.4, 0.5) is 5.69 Å². The Labute approximate surface area is 143 Å². The highest BCUT2D eigenvalue weighted by Crippen LogP contribution is 2.39. The van der Waals surface area contributed by atoms with E-state index >= 15 is 0 Å². The number of pyridine rings is 1. The standard InChI is InChI=1S/C17H15N5OS/c1-2-24-17-20-16-14(21-22-17)12-5-3-4-6-13(12)19-15(23-16)11-7-9-18-10-8-11/h3-10,15,19H,2H2,1H3/t15-/m0/s1. The minimum absolute atomic E-state index is 0.369. The molecule has 4 rings (SSSR count). The summed E-state index contributed by atoms with van der Waals surface area (Å²) in [5.41, 5.74) is 3.48. The van der Waals surface area contributed by atoms with Crippen molar-refractivity contribution in [3.63, 3.8) is 0 Å². The van der Waals surface area contributed by atoms with Crippen LogP contribution in [-0.4, -0.2) is 25.9 Å². The fourth-order valence-corrected chi connectivity index (χ4v) is 3.03. The van der Waals surface area contributed by atoms with Crippen molar-refractivity contribution in [3.05, 3.63) is 54.4 Å². The molecule has 1 aliphatic heterocycles. The minimum atomic E-state index is -0.369. The lowest BCUT2D eigenvalue weighted by Crippen LogP contribution is -2.17. The number of hydrogen-bond acceptors (Lipinski definition) is 7. The number of fused-ring (bicyclic) bond motifs is 3. The summed E-state index contributed by atoms with van der Waals surface area (Å²) in [5.74, 6) is 1.36. The molecule has 3 aromatic rings. The van der Waals surface area contributed by atoms with Gasteiger partial charge in [0.1, 0.15) is 0 Å². The van der Waals surface area contributed by atoms with E-state index in [1.165, 1.54) is 11.8 Å². The molecule has 24 heavy (non-hydrogen) atoms. The molecule has 120 valence electrons. The summed E-state index contributed by atoms with van der Waals surface area (Å²) >= 11 is 1.54. The molecule has 0 aliphatic carbocycles. The van der Waals surface area contributed by atoms with Crippen molar-refractivity contribution in [2.24, 2.45) is 0 Å². The molecule has 1 N–H and O–H groups in total. The maximum atomic E-state index is 6.15. The molecule has 6 nitrogen and oxygen atoms in total. The third-order valence-corrected chi connectivity index (χ3v) is 4.34. The molecule has 0 bridgehead atoms. The van der Waals surface area contributed by atoms with Crippen molar-refractivity contribution in [1.82, 2.24) is 20.2 Å². The SMILES string of the molecule is CCSc1nnc2c(n1)O[C@@H](c1ccncc1)Nc1ccccc1-2. The van der Waals surface area contributed by atoms with Gasteiger partial charge in [0, 0.05) is 29.2 Å². The number of nitrogens with one attached hydrogen (secondary N) is 1. The summed E-state index contributed by atoms with van der Waals surface area (Å²) in [6, 6.07) is 11.8. The van der Waals surface area contributed by atoms with Crippen molar-refractivity contribution >= 4 is 17.4 Å². The van der Waals surface area contributed by atoms with Crippen LogP contribution in [0.25, 0.3) is 11.3 Å². The lowest BCUT2D eigenvalue weighted by molar-refractivity contribution is 0.225. The third-order valence-electron chi connectivity index (χ3n) is 3.62. The quantitative estimate of drug-likeness (QED) is 0.733. The summed E-state index contributed by atoms with van der Waals surface area (Å²) in [5, 5.41) is 12.6. The maximum Gasteiger partial charge on any atom is 0.247 e. The number of ether oxygens (including phenoxy) is 1. The zero-order valence-electron chi connectivity index (χ0n) is 13.0. The molecule has 1 aromatic carbocycles. The number of thioether (sulfide) groups is 1. The van der Waals surface area contributed by atoms with E-state index in [1.54, 1.807) is 12.4 Å². The number of rotatable bonds is 3. The Bertz CT molecular complexity index is 859. The largest absolute Gasteiger partial charge is 0.448 e. The van der Waals surface area contributed by atoms with Crippen molar-refractivity contribution in [3.8, 4) is 17.1 Å². The van der Waals surface area contributed by atoms with E-state index in [0.29, 0.717) is 16.7 Å². The van der Waals surface area contributed by atoms with Crippen LogP contribution in [0.5, 0.6) is 5.88 Å². The van der Waals surface area contributed by atoms with E-state index in [-0.39, 0.29) is 6.23 Å². The number of para-hydroxylation sites is 1. The van der Waals surface area contributed by atoms with Gasteiger partial charge in [0.05, 0.1) is 0 Å². The summed E-state index contributed by atoms with van der Waals surface area (Å²) in [4.78, 5) is 8.62. The molecule has 0 unspecified atom stereocenters. The normalized spacial score (nSPS) is 15.5. The highest BCUT2D eigenvalue weighted by molar-refractivity contribution is 7.99. The second-order valence-corrected chi connectivity index (χ2v) is 6.38. The number of aromatic nitrogens is 4. The number of hydrogen-bond donors (Lipinski definition) is 1. The third kappa shape index (κ3) is 2.78. The molecule has 3 heterocycles. The molecule has 1 atom stereocenters. The van der Waals surface area contributed by atoms with Gasteiger partial charge in [0.15, 0.2) is 11.9 Å². The Hall–Kier alpha value is -2.67. The smallest absolute Gasteiger partial charge is 0.247 e. The molecule has 0 saturated carbocycles. The van der Waals surface area contributed by atoms with Crippen LogP contribution in [0.15, 0.2) is 53.9 Å². The molecular formula is C17H15N5OS. The highest BCUT2D eigenvalue weighted by Gasteiger charge is 2.25. The minimum Gasteiger partial charge on any atom is -0.448 e. The van der Waals surface area contributed by atoms with Gasteiger partial charge in [0.25, 0.3) is 0 Å². The van der Waals surface area contributed by atoms with Gasteiger partial charge in [-0.1, -0.05) is 36.9 Å². The van der Waals surface area contributed by atoms with Crippen LogP contribution in [0.1, 0.15) is 18.7 Å². The Morgan fingerprint density at radius 2 is 1.96 bits per heavy atom. The van der Waals surface area contributed by atoms with Crippen LogP contribution in [0.3, 0.4) is 0 Å². The van der Waals surface area contributed by atoms with E-state index in [9.17, 15) is 0 Å². The predicted octanol–water partition coefficient (Wildman–Crippen LogP) is 3.55. The molecule has 0 fully saturated rings.